The predicted molar refractivity (Wildman–Crippen MR) is 119 cm³/mol. The van der Waals surface area contributed by atoms with Gasteiger partial charge in [-0.3, -0.25) is 4.79 Å². The van der Waals surface area contributed by atoms with Crippen molar-refractivity contribution in [2.45, 2.75) is 26.4 Å². The molecule has 0 aliphatic heterocycles. The van der Waals surface area contributed by atoms with Crippen LogP contribution < -0.4 is 14.9 Å². The quantitative estimate of drug-likeness (QED) is 0.408. The van der Waals surface area contributed by atoms with E-state index in [1.54, 1.807) is 6.21 Å². The largest absolute Gasteiger partial charge is 0.489 e. The van der Waals surface area contributed by atoms with Gasteiger partial charge in [0.1, 0.15) is 18.1 Å². The van der Waals surface area contributed by atoms with Crippen molar-refractivity contribution in [3.8, 4) is 11.5 Å². The summed E-state index contributed by atoms with van der Waals surface area (Å²) in [5, 5.41) is 3.99. The van der Waals surface area contributed by atoms with E-state index in [0.29, 0.717) is 18.3 Å². The number of hydrogen-bond donors (Lipinski definition) is 1. The number of carbonyl (C=O) groups is 1. The normalized spacial score (nSPS) is 10.9. The molecule has 5 heteroatoms. The van der Waals surface area contributed by atoms with Gasteiger partial charge < -0.3 is 9.47 Å². The first-order valence-electron chi connectivity index (χ1n) is 9.91. The first-order valence-corrected chi connectivity index (χ1v) is 9.91. The van der Waals surface area contributed by atoms with E-state index in [0.717, 1.165) is 16.9 Å². The third-order valence-corrected chi connectivity index (χ3v) is 4.43. The summed E-state index contributed by atoms with van der Waals surface area (Å²) < 4.78 is 11.3. The smallest absolute Gasteiger partial charge is 0.277 e. The van der Waals surface area contributed by atoms with Crippen LogP contribution in [0.2, 0.25) is 0 Å². The minimum Gasteiger partial charge on any atom is -0.489 e. The van der Waals surface area contributed by atoms with Gasteiger partial charge in [-0.05, 0) is 46.9 Å². The van der Waals surface area contributed by atoms with Crippen LogP contribution in [-0.4, -0.2) is 18.7 Å². The van der Waals surface area contributed by atoms with Gasteiger partial charge in [-0.15, -0.1) is 0 Å². The van der Waals surface area contributed by atoms with Crippen molar-refractivity contribution in [2.24, 2.45) is 5.10 Å². The Morgan fingerprint density at radius 2 is 1.70 bits per heavy atom. The highest BCUT2D eigenvalue weighted by Crippen LogP contribution is 2.18. The van der Waals surface area contributed by atoms with Crippen molar-refractivity contribution in [3.63, 3.8) is 0 Å². The molecule has 1 amide bonds. The molecule has 0 heterocycles. The summed E-state index contributed by atoms with van der Waals surface area (Å²) in [6.07, 6.45) is 1.57. The zero-order valence-corrected chi connectivity index (χ0v) is 17.2. The van der Waals surface area contributed by atoms with E-state index in [4.69, 9.17) is 9.47 Å². The number of nitrogens with one attached hydrogen (secondary N) is 1. The van der Waals surface area contributed by atoms with Crippen LogP contribution in [0.4, 0.5) is 0 Å². The molecule has 0 aliphatic rings. The summed E-state index contributed by atoms with van der Waals surface area (Å²) in [6, 6.07) is 25.2. The van der Waals surface area contributed by atoms with Crippen molar-refractivity contribution in [2.75, 3.05) is 6.61 Å². The molecule has 3 aromatic rings. The van der Waals surface area contributed by atoms with Crippen molar-refractivity contribution >= 4 is 12.1 Å². The van der Waals surface area contributed by atoms with Crippen molar-refractivity contribution in [3.05, 3.63) is 95.6 Å². The van der Waals surface area contributed by atoms with Crippen molar-refractivity contribution in [1.82, 2.24) is 5.43 Å². The van der Waals surface area contributed by atoms with Crippen LogP contribution in [0, 0.1) is 0 Å². The SMILES string of the molecule is CC(C)c1ccc(OCC(=O)N/N=C/c2cccc(OCc3ccccc3)c2)cc1. The topological polar surface area (TPSA) is 59.9 Å². The monoisotopic (exact) mass is 402 g/mol. The molecule has 5 nitrogen and oxygen atoms in total. The Kier molecular flexibility index (Phi) is 7.61. The minimum absolute atomic E-state index is 0.0986. The number of hydrazone groups is 1. The fourth-order valence-corrected chi connectivity index (χ4v) is 2.73. The van der Waals surface area contributed by atoms with Gasteiger partial charge in [-0.1, -0.05) is 68.4 Å². The van der Waals surface area contributed by atoms with E-state index in [2.05, 4.69) is 24.4 Å². The number of amides is 1. The molecule has 0 unspecified atom stereocenters. The number of benzene rings is 3. The van der Waals surface area contributed by atoms with E-state index < -0.39 is 0 Å². The van der Waals surface area contributed by atoms with Gasteiger partial charge >= 0.3 is 0 Å². The number of rotatable bonds is 9. The lowest BCUT2D eigenvalue weighted by molar-refractivity contribution is -0.123. The maximum Gasteiger partial charge on any atom is 0.277 e. The molecule has 0 aromatic heterocycles. The van der Waals surface area contributed by atoms with E-state index in [9.17, 15) is 4.79 Å². The number of carbonyl (C=O) groups excluding carboxylic acids is 1. The van der Waals surface area contributed by atoms with E-state index in [1.807, 2.05) is 78.9 Å². The van der Waals surface area contributed by atoms with Crippen LogP contribution >= 0.6 is 0 Å². The average Bonchev–Trinajstić information content (AvgIpc) is 2.77. The molecule has 3 aromatic carbocycles. The molecule has 0 bridgehead atoms. The van der Waals surface area contributed by atoms with Crippen LogP contribution in [0.3, 0.4) is 0 Å². The molecule has 0 saturated heterocycles. The Morgan fingerprint density at radius 1 is 0.933 bits per heavy atom. The van der Waals surface area contributed by atoms with Gasteiger partial charge in [0.2, 0.25) is 0 Å². The number of hydrogen-bond acceptors (Lipinski definition) is 4. The van der Waals surface area contributed by atoms with Crippen LogP contribution in [-0.2, 0) is 11.4 Å². The summed E-state index contributed by atoms with van der Waals surface area (Å²) in [5.74, 6) is 1.53. The molecular weight excluding hydrogens is 376 g/mol. The van der Waals surface area contributed by atoms with Gasteiger partial charge in [-0.25, -0.2) is 5.43 Å². The number of nitrogens with zero attached hydrogens (tertiary/aromatic N) is 1. The summed E-state index contributed by atoms with van der Waals surface area (Å²) in [6.45, 7) is 4.66. The number of ether oxygens (including phenoxy) is 2. The molecule has 0 aliphatic carbocycles. The zero-order chi connectivity index (χ0) is 21.2. The van der Waals surface area contributed by atoms with Crippen LogP contribution in [0.15, 0.2) is 84.0 Å². The molecule has 0 atom stereocenters. The van der Waals surface area contributed by atoms with Crippen LogP contribution in [0.1, 0.15) is 36.5 Å². The third-order valence-electron chi connectivity index (χ3n) is 4.43. The van der Waals surface area contributed by atoms with Gasteiger partial charge in [0.15, 0.2) is 6.61 Å². The maximum absolute atomic E-state index is 11.9. The van der Waals surface area contributed by atoms with Crippen LogP contribution in [0.5, 0.6) is 11.5 Å². The predicted octanol–water partition coefficient (Wildman–Crippen LogP) is 4.92. The van der Waals surface area contributed by atoms with Crippen molar-refractivity contribution in [1.29, 1.82) is 0 Å². The maximum atomic E-state index is 11.9. The third kappa shape index (κ3) is 6.78. The van der Waals surface area contributed by atoms with E-state index in [1.165, 1.54) is 5.56 Å². The Balaban J connectivity index is 1.44. The fraction of sp³-hybridized carbons (Fsp3) is 0.200. The van der Waals surface area contributed by atoms with E-state index in [-0.39, 0.29) is 12.5 Å². The standard InChI is InChI=1S/C25H26N2O3/c1-19(2)22-11-13-23(14-12-22)30-18-25(28)27-26-16-21-9-6-10-24(15-21)29-17-20-7-4-3-5-8-20/h3-16,19H,17-18H2,1-2H3,(H,27,28)/b26-16+. The molecule has 1 N–H and O–H groups in total. The molecule has 0 saturated carbocycles. The molecule has 0 radical (unpaired) electrons. The van der Waals surface area contributed by atoms with Gasteiger partial charge in [-0.2, -0.15) is 5.10 Å². The highest BCUT2D eigenvalue weighted by Gasteiger charge is 2.03. The molecular formula is C25H26N2O3. The van der Waals surface area contributed by atoms with Crippen LogP contribution in [0.25, 0.3) is 0 Å². The summed E-state index contributed by atoms with van der Waals surface area (Å²) in [4.78, 5) is 11.9. The second-order valence-electron chi connectivity index (χ2n) is 7.15. The first kappa shape index (κ1) is 21.1. The van der Waals surface area contributed by atoms with Gasteiger partial charge in [0.05, 0.1) is 6.21 Å². The Hall–Kier alpha value is -3.60. The summed E-state index contributed by atoms with van der Waals surface area (Å²) in [5.41, 5.74) is 5.63. The van der Waals surface area contributed by atoms with E-state index >= 15 is 0 Å². The first-order chi connectivity index (χ1) is 14.6. The molecule has 3 rings (SSSR count). The second-order valence-corrected chi connectivity index (χ2v) is 7.15. The highest BCUT2D eigenvalue weighted by molar-refractivity contribution is 5.83. The molecule has 0 spiro atoms. The lowest BCUT2D eigenvalue weighted by atomic mass is 10.0. The Morgan fingerprint density at radius 3 is 2.43 bits per heavy atom. The highest BCUT2D eigenvalue weighted by atomic mass is 16.5. The molecule has 154 valence electrons. The molecule has 0 fully saturated rings. The van der Waals surface area contributed by atoms with Crippen molar-refractivity contribution < 1.29 is 14.3 Å². The zero-order valence-electron chi connectivity index (χ0n) is 17.2. The fourth-order valence-electron chi connectivity index (χ4n) is 2.73. The Labute approximate surface area is 177 Å². The molecule has 30 heavy (non-hydrogen) atoms. The summed E-state index contributed by atoms with van der Waals surface area (Å²) in [7, 11) is 0. The lowest BCUT2D eigenvalue weighted by Gasteiger charge is -2.08. The lowest BCUT2D eigenvalue weighted by Crippen LogP contribution is -2.24. The Bertz CT molecular complexity index is 967. The summed E-state index contributed by atoms with van der Waals surface area (Å²) >= 11 is 0. The van der Waals surface area contributed by atoms with Gasteiger partial charge in [0, 0.05) is 0 Å². The average molecular weight is 402 g/mol. The minimum atomic E-state index is -0.323. The second kappa shape index (κ2) is 10.8. The van der Waals surface area contributed by atoms with Gasteiger partial charge in [0.25, 0.3) is 5.91 Å².